The van der Waals surface area contributed by atoms with Gasteiger partial charge in [-0.2, -0.15) is 0 Å². The molecule has 2 rings (SSSR count). The van der Waals surface area contributed by atoms with E-state index in [1.54, 1.807) is 0 Å². The van der Waals surface area contributed by atoms with E-state index in [-0.39, 0.29) is 5.76 Å². The average Bonchev–Trinajstić information content (AvgIpc) is 2.76. The summed E-state index contributed by atoms with van der Waals surface area (Å²) in [5, 5.41) is 12.0. The number of oxazole rings is 1. The number of nitrogens with zero attached hydrogens (tertiary/aromatic N) is 1. The fourth-order valence-electron chi connectivity index (χ4n) is 2.11. The normalized spacial score (nSPS) is 10.5. The highest BCUT2D eigenvalue weighted by Crippen LogP contribution is 2.22. The third-order valence-corrected chi connectivity index (χ3v) is 2.86. The van der Waals surface area contributed by atoms with Crippen LogP contribution in [0.3, 0.4) is 0 Å². The lowest BCUT2D eigenvalue weighted by Crippen LogP contribution is -2.03. The van der Waals surface area contributed by atoms with Gasteiger partial charge in [0.2, 0.25) is 11.7 Å². The lowest BCUT2D eigenvalue weighted by molar-refractivity contribution is 0.0660. The average molecular weight is 260 g/mol. The van der Waals surface area contributed by atoms with E-state index >= 15 is 0 Å². The molecule has 0 radical (unpaired) electrons. The highest BCUT2D eigenvalue weighted by atomic mass is 16.4. The first-order valence-electron chi connectivity index (χ1n) is 5.97. The molecule has 5 nitrogen and oxygen atoms in total. The number of rotatable bonds is 4. The van der Waals surface area contributed by atoms with Gasteiger partial charge < -0.3 is 14.8 Å². The number of aryl methyl sites for hydroxylation is 3. The van der Waals surface area contributed by atoms with Crippen molar-refractivity contribution < 1.29 is 14.3 Å². The van der Waals surface area contributed by atoms with Crippen LogP contribution in [-0.4, -0.2) is 16.1 Å². The Hall–Kier alpha value is -2.30. The van der Waals surface area contributed by atoms with Crippen LogP contribution in [-0.2, 0) is 6.54 Å². The molecule has 0 saturated heterocycles. The van der Waals surface area contributed by atoms with Crippen molar-refractivity contribution in [1.82, 2.24) is 4.98 Å². The van der Waals surface area contributed by atoms with Crippen LogP contribution >= 0.6 is 0 Å². The van der Waals surface area contributed by atoms with Crippen molar-refractivity contribution >= 4 is 11.7 Å². The third-order valence-electron chi connectivity index (χ3n) is 2.86. The molecule has 100 valence electrons. The van der Waals surface area contributed by atoms with Gasteiger partial charge in [0.1, 0.15) is 0 Å². The molecule has 19 heavy (non-hydrogen) atoms. The molecular weight excluding hydrogens is 244 g/mol. The van der Waals surface area contributed by atoms with Crippen LogP contribution in [0.4, 0.5) is 5.69 Å². The van der Waals surface area contributed by atoms with Gasteiger partial charge >= 0.3 is 5.97 Å². The first kappa shape index (κ1) is 13.1. The summed E-state index contributed by atoms with van der Waals surface area (Å²) in [5.74, 6) is -0.896. The Morgan fingerprint density at radius 2 is 1.95 bits per heavy atom. The van der Waals surface area contributed by atoms with Gasteiger partial charge in [-0.1, -0.05) is 17.7 Å². The van der Waals surface area contributed by atoms with Crippen LogP contribution in [0.5, 0.6) is 0 Å². The van der Waals surface area contributed by atoms with Crippen molar-refractivity contribution in [2.24, 2.45) is 0 Å². The van der Waals surface area contributed by atoms with Crippen LogP contribution in [0.1, 0.15) is 33.1 Å². The quantitative estimate of drug-likeness (QED) is 0.884. The number of nitrogens with one attached hydrogen (secondary N) is 1. The van der Waals surface area contributed by atoms with E-state index in [0.717, 1.165) is 16.8 Å². The molecule has 0 atom stereocenters. The highest BCUT2D eigenvalue weighted by Gasteiger charge is 2.11. The molecule has 0 fully saturated rings. The molecule has 2 aromatic rings. The predicted molar refractivity (Wildman–Crippen MR) is 71.4 cm³/mol. The Kier molecular flexibility index (Phi) is 3.55. The van der Waals surface area contributed by atoms with Gasteiger partial charge in [0.25, 0.3) is 0 Å². The molecule has 0 spiro atoms. The van der Waals surface area contributed by atoms with Gasteiger partial charge in [0, 0.05) is 5.69 Å². The summed E-state index contributed by atoms with van der Waals surface area (Å²) >= 11 is 0. The smallest absolute Gasteiger partial charge is 0.373 e. The Bertz CT molecular complexity index is 594. The zero-order valence-corrected chi connectivity index (χ0v) is 11.2. The summed E-state index contributed by atoms with van der Waals surface area (Å²) in [6, 6.07) is 4.18. The standard InChI is InChI=1S/C14H16N2O3/c1-8-4-9(2)13(10(3)5-8)16-7-12-15-6-11(19-12)14(17)18/h4-6,16H,7H2,1-3H3,(H,17,18). The topological polar surface area (TPSA) is 75.4 Å². The molecule has 0 aliphatic heterocycles. The predicted octanol–water partition coefficient (Wildman–Crippen LogP) is 2.91. The molecule has 0 aliphatic rings. The number of hydrogen-bond donors (Lipinski definition) is 2. The van der Waals surface area contributed by atoms with Crippen LogP contribution in [0.25, 0.3) is 0 Å². The van der Waals surface area contributed by atoms with Gasteiger partial charge in [-0.15, -0.1) is 0 Å². The largest absolute Gasteiger partial charge is 0.475 e. The van der Waals surface area contributed by atoms with Crippen LogP contribution in [0.2, 0.25) is 0 Å². The van der Waals surface area contributed by atoms with E-state index in [2.05, 4.69) is 29.4 Å². The van der Waals surface area contributed by atoms with Crippen molar-refractivity contribution in [3.63, 3.8) is 0 Å². The minimum absolute atomic E-state index is 0.144. The Morgan fingerprint density at radius 3 is 2.47 bits per heavy atom. The molecule has 0 aliphatic carbocycles. The zero-order chi connectivity index (χ0) is 14.0. The van der Waals surface area contributed by atoms with Crippen molar-refractivity contribution in [2.45, 2.75) is 27.3 Å². The molecule has 0 bridgehead atoms. The minimum Gasteiger partial charge on any atom is -0.475 e. The van der Waals surface area contributed by atoms with Crippen LogP contribution in [0.15, 0.2) is 22.7 Å². The van der Waals surface area contributed by atoms with E-state index in [1.807, 2.05) is 13.8 Å². The van der Waals surface area contributed by atoms with Gasteiger partial charge in [-0.25, -0.2) is 9.78 Å². The summed E-state index contributed by atoms with van der Waals surface area (Å²) in [4.78, 5) is 14.6. The van der Waals surface area contributed by atoms with Crippen molar-refractivity contribution in [3.05, 3.63) is 46.7 Å². The van der Waals surface area contributed by atoms with Gasteiger partial charge in [0.15, 0.2) is 0 Å². The fraction of sp³-hybridized carbons (Fsp3) is 0.286. The SMILES string of the molecule is Cc1cc(C)c(NCc2ncc(C(=O)O)o2)c(C)c1. The number of aromatic nitrogens is 1. The zero-order valence-electron chi connectivity index (χ0n) is 11.2. The lowest BCUT2D eigenvalue weighted by atomic mass is 10.1. The van der Waals surface area contributed by atoms with Gasteiger partial charge in [0.05, 0.1) is 12.7 Å². The van der Waals surface area contributed by atoms with Crippen molar-refractivity contribution in [3.8, 4) is 0 Å². The monoisotopic (exact) mass is 260 g/mol. The maximum atomic E-state index is 10.7. The van der Waals surface area contributed by atoms with E-state index in [0.29, 0.717) is 12.4 Å². The summed E-state index contributed by atoms with van der Waals surface area (Å²) in [7, 11) is 0. The molecule has 5 heteroatoms. The first-order valence-corrected chi connectivity index (χ1v) is 5.97. The summed E-state index contributed by atoms with van der Waals surface area (Å²) in [6.45, 7) is 6.47. The fourth-order valence-corrected chi connectivity index (χ4v) is 2.11. The molecular formula is C14H16N2O3. The highest BCUT2D eigenvalue weighted by molar-refractivity contribution is 5.83. The second-order valence-corrected chi connectivity index (χ2v) is 4.55. The van der Waals surface area contributed by atoms with Crippen molar-refractivity contribution in [2.75, 3.05) is 5.32 Å². The molecule has 1 aromatic heterocycles. The van der Waals surface area contributed by atoms with Gasteiger partial charge in [-0.05, 0) is 31.9 Å². The Balaban J connectivity index is 2.12. The number of aromatic carboxylic acids is 1. The lowest BCUT2D eigenvalue weighted by Gasteiger charge is -2.12. The van der Waals surface area contributed by atoms with Crippen LogP contribution < -0.4 is 5.32 Å². The Labute approximate surface area is 111 Å². The Morgan fingerprint density at radius 1 is 1.32 bits per heavy atom. The van der Waals surface area contributed by atoms with E-state index in [9.17, 15) is 4.79 Å². The number of anilines is 1. The molecule has 1 heterocycles. The van der Waals surface area contributed by atoms with E-state index in [1.165, 1.54) is 11.8 Å². The molecule has 0 unspecified atom stereocenters. The van der Waals surface area contributed by atoms with Gasteiger partial charge in [-0.3, -0.25) is 0 Å². The van der Waals surface area contributed by atoms with Crippen LogP contribution in [0, 0.1) is 20.8 Å². The van der Waals surface area contributed by atoms with Crippen molar-refractivity contribution in [1.29, 1.82) is 0 Å². The minimum atomic E-state index is -1.11. The maximum absolute atomic E-state index is 10.7. The maximum Gasteiger partial charge on any atom is 0.373 e. The second-order valence-electron chi connectivity index (χ2n) is 4.55. The number of carboxylic acid groups (broad SMARTS) is 1. The molecule has 1 aromatic carbocycles. The third kappa shape index (κ3) is 2.93. The summed E-state index contributed by atoms with van der Waals surface area (Å²) in [6.07, 6.45) is 1.22. The summed E-state index contributed by atoms with van der Waals surface area (Å²) in [5.41, 5.74) is 4.52. The molecule has 2 N–H and O–H groups in total. The first-order chi connectivity index (χ1) is 8.97. The summed E-state index contributed by atoms with van der Waals surface area (Å²) < 4.78 is 5.10. The van der Waals surface area contributed by atoms with E-state index < -0.39 is 5.97 Å². The number of carbonyl (C=O) groups is 1. The number of benzene rings is 1. The second kappa shape index (κ2) is 5.14. The van der Waals surface area contributed by atoms with E-state index in [4.69, 9.17) is 9.52 Å². The number of carboxylic acids is 1. The number of hydrogen-bond acceptors (Lipinski definition) is 4. The molecule has 0 saturated carbocycles. The molecule has 0 amide bonds.